The lowest BCUT2D eigenvalue weighted by atomic mass is 9.94. The summed E-state index contributed by atoms with van der Waals surface area (Å²) in [6.45, 7) is 1.86. The third-order valence-corrected chi connectivity index (χ3v) is 3.00. The van der Waals surface area contributed by atoms with Crippen molar-refractivity contribution in [3.8, 4) is 0 Å². The van der Waals surface area contributed by atoms with Crippen molar-refractivity contribution in [2.45, 2.75) is 38.6 Å². The maximum absolute atomic E-state index is 11.9. The first kappa shape index (κ1) is 11.8. The lowest BCUT2D eigenvalue weighted by molar-refractivity contribution is -0.120. The molecule has 4 nitrogen and oxygen atoms in total. The Bertz CT molecular complexity index is 433. The van der Waals surface area contributed by atoms with Gasteiger partial charge in [0.05, 0.1) is 0 Å². The van der Waals surface area contributed by atoms with Gasteiger partial charge in [0.25, 0.3) is 5.91 Å². The number of pyridine rings is 1. The van der Waals surface area contributed by atoms with Crippen molar-refractivity contribution >= 4 is 11.7 Å². The number of nitrogens with zero attached hydrogens (tertiary/aromatic N) is 1. The van der Waals surface area contributed by atoms with E-state index in [-0.39, 0.29) is 11.9 Å². The number of nitrogens with one attached hydrogen (secondary N) is 1. The molecule has 1 amide bonds. The first-order chi connectivity index (χ1) is 8.15. The van der Waals surface area contributed by atoms with Gasteiger partial charge in [0, 0.05) is 24.6 Å². The zero-order chi connectivity index (χ0) is 12.3. The van der Waals surface area contributed by atoms with E-state index in [1.807, 2.05) is 19.1 Å². The number of carbonyl (C=O) groups is 2. The molecule has 1 aliphatic carbocycles. The van der Waals surface area contributed by atoms with Crippen LogP contribution in [0.25, 0.3) is 0 Å². The predicted octanol–water partition coefficient (Wildman–Crippen LogP) is 1.63. The lowest BCUT2D eigenvalue weighted by Gasteiger charge is -2.21. The summed E-state index contributed by atoms with van der Waals surface area (Å²) in [5.74, 6) is 0.150. The molecule has 0 aromatic carbocycles. The van der Waals surface area contributed by atoms with Crippen LogP contribution in [-0.2, 0) is 4.79 Å². The highest BCUT2D eigenvalue weighted by atomic mass is 16.2. The SMILES string of the molecule is Cc1cccc(C(=O)NC2CCC(=O)CC2)n1. The van der Waals surface area contributed by atoms with E-state index in [0.717, 1.165) is 18.5 Å². The van der Waals surface area contributed by atoms with Crippen LogP contribution < -0.4 is 5.32 Å². The Hall–Kier alpha value is -1.71. The van der Waals surface area contributed by atoms with E-state index >= 15 is 0 Å². The molecule has 0 bridgehead atoms. The van der Waals surface area contributed by atoms with E-state index in [0.29, 0.717) is 24.3 Å². The van der Waals surface area contributed by atoms with Gasteiger partial charge in [-0.05, 0) is 31.9 Å². The maximum atomic E-state index is 11.9. The zero-order valence-electron chi connectivity index (χ0n) is 9.90. The van der Waals surface area contributed by atoms with Crippen molar-refractivity contribution in [2.75, 3.05) is 0 Å². The maximum Gasteiger partial charge on any atom is 0.270 e. The Morgan fingerprint density at radius 3 is 2.71 bits per heavy atom. The molecule has 0 aliphatic heterocycles. The van der Waals surface area contributed by atoms with Crippen LogP contribution in [0.4, 0.5) is 0 Å². The van der Waals surface area contributed by atoms with E-state index in [1.54, 1.807) is 6.07 Å². The van der Waals surface area contributed by atoms with Gasteiger partial charge in [0.1, 0.15) is 11.5 Å². The number of amides is 1. The summed E-state index contributed by atoms with van der Waals surface area (Å²) in [6, 6.07) is 5.50. The first-order valence-electron chi connectivity index (χ1n) is 5.91. The van der Waals surface area contributed by atoms with Crippen molar-refractivity contribution < 1.29 is 9.59 Å². The number of aromatic nitrogens is 1. The molecule has 2 rings (SSSR count). The fraction of sp³-hybridized carbons (Fsp3) is 0.462. The Balaban J connectivity index is 1.95. The minimum Gasteiger partial charge on any atom is -0.348 e. The molecule has 1 heterocycles. The van der Waals surface area contributed by atoms with Gasteiger partial charge in [0.2, 0.25) is 0 Å². The van der Waals surface area contributed by atoms with Gasteiger partial charge >= 0.3 is 0 Å². The molecular formula is C13H16N2O2. The molecule has 1 N–H and O–H groups in total. The standard InChI is InChI=1S/C13H16N2O2/c1-9-3-2-4-12(14-9)13(17)15-10-5-7-11(16)8-6-10/h2-4,10H,5-8H2,1H3,(H,15,17). The van der Waals surface area contributed by atoms with Crippen LogP contribution in [0.5, 0.6) is 0 Å². The average molecular weight is 232 g/mol. The van der Waals surface area contributed by atoms with Crippen LogP contribution in [0, 0.1) is 6.92 Å². The molecule has 0 atom stereocenters. The topological polar surface area (TPSA) is 59.1 Å². The van der Waals surface area contributed by atoms with Crippen molar-refractivity contribution in [3.05, 3.63) is 29.6 Å². The molecule has 90 valence electrons. The second kappa shape index (κ2) is 5.08. The Morgan fingerprint density at radius 2 is 2.06 bits per heavy atom. The van der Waals surface area contributed by atoms with Crippen LogP contribution in [0.2, 0.25) is 0 Å². The van der Waals surface area contributed by atoms with Gasteiger partial charge in [-0.2, -0.15) is 0 Å². The molecule has 1 saturated carbocycles. The molecule has 1 aliphatic rings. The third kappa shape index (κ3) is 3.12. The smallest absolute Gasteiger partial charge is 0.270 e. The molecule has 1 fully saturated rings. The molecule has 17 heavy (non-hydrogen) atoms. The van der Waals surface area contributed by atoms with Gasteiger partial charge in [0.15, 0.2) is 0 Å². The van der Waals surface area contributed by atoms with Crippen LogP contribution in [-0.4, -0.2) is 22.7 Å². The predicted molar refractivity (Wildman–Crippen MR) is 63.7 cm³/mol. The highest BCUT2D eigenvalue weighted by molar-refractivity contribution is 5.92. The number of aryl methyl sites for hydroxylation is 1. The van der Waals surface area contributed by atoms with Crippen LogP contribution in [0.3, 0.4) is 0 Å². The zero-order valence-corrected chi connectivity index (χ0v) is 9.90. The first-order valence-corrected chi connectivity index (χ1v) is 5.91. The fourth-order valence-electron chi connectivity index (χ4n) is 2.01. The summed E-state index contributed by atoms with van der Waals surface area (Å²) in [4.78, 5) is 27.1. The summed E-state index contributed by atoms with van der Waals surface area (Å²) in [6.07, 6.45) is 2.64. The fourth-order valence-corrected chi connectivity index (χ4v) is 2.01. The van der Waals surface area contributed by atoms with E-state index in [4.69, 9.17) is 0 Å². The summed E-state index contributed by atoms with van der Waals surface area (Å²) >= 11 is 0. The Kier molecular flexibility index (Phi) is 3.52. The molecule has 4 heteroatoms. The van der Waals surface area contributed by atoms with Crippen LogP contribution >= 0.6 is 0 Å². The number of hydrogen-bond acceptors (Lipinski definition) is 3. The van der Waals surface area contributed by atoms with E-state index < -0.39 is 0 Å². The highest BCUT2D eigenvalue weighted by Gasteiger charge is 2.21. The van der Waals surface area contributed by atoms with Crippen LogP contribution in [0.1, 0.15) is 41.9 Å². The Morgan fingerprint density at radius 1 is 1.35 bits per heavy atom. The molecule has 0 spiro atoms. The van der Waals surface area contributed by atoms with Gasteiger partial charge in [-0.1, -0.05) is 6.07 Å². The van der Waals surface area contributed by atoms with E-state index in [9.17, 15) is 9.59 Å². The highest BCUT2D eigenvalue weighted by Crippen LogP contribution is 2.15. The monoisotopic (exact) mass is 232 g/mol. The van der Waals surface area contributed by atoms with E-state index in [2.05, 4.69) is 10.3 Å². The van der Waals surface area contributed by atoms with Crippen molar-refractivity contribution in [2.24, 2.45) is 0 Å². The van der Waals surface area contributed by atoms with Gasteiger partial charge in [-0.25, -0.2) is 4.98 Å². The quantitative estimate of drug-likeness (QED) is 0.843. The number of hydrogen-bond donors (Lipinski definition) is 1. The summed E-state index contributed by atoms with van der Waals surface area (Å²) < 4.78 is 0. The number of carbonyl (C=O) groups excluding carboxylic acids is 2. The molecule has 1 aromatic rings. The summed E-state index contributed by atoms with van der Waals surface area (Å²) in [5.41, 5.74) is 1.28. The van der Waals surface area contributed by atoms with Gasteiger partial charge in [-0.3, -0.25) is 9.59 Å². The normalized spacial score (nSPS) is 16.9. The largest absolute Gasteiger partial charge is 0.348 e. The Labute approximate surface area is 100 Å². The minimum absolute atomic E-state index is 0.113. The molecule has 0 radical (unpaired) electrons. The van der Waals surface area contributed by atoms with Crippen molar-refractivity contribution in [3.63, 3.8) is 0 Å². The number of ketones is 1. The third-order valence-electron chi connectivity index (χ3n) is 3.00. The number of rotatable bonds is 2. The van der Waals surface area contributed by atoms with E-state index in [1.165, 1.54) is 0 Å². The second-order valence-electron chi connectivity index (χ2n) is 4.45. The summed E-state index contributed by atoms with van der Waals surface area (Å²) in [7, 11) is 0. The minimum atomic E-state index is -0.145. The molecule has 0 saturated heterocycles. The van der Waals surface area contributed by atoms with Crippen molar-refractivity contribution in [1.29, 1.82) is 0 Å². The van der Waals surface area contributed by atoms with Crippen molar-refractivity contribution in [1.82, 2.24) is 10.3 Å². The summed E-state index contributed by atoms with van der Waals surface area (Å²) in [5, 5.41) is 2.93. The van der Waals surface area contributed by atoms with Crippen LogP contribution in [0.15, 0.2) is 18.2 Å². The number of Topliss-reactive ketones (excluding diaryl/α,β-unsaturated/α-hetero) is 1. The van der Waals surface area contributed by atoms with Gasteiger partial charge in [-0.15, -0.1) is 0 Å². The molecular weight excluding hydrogens is 216 g/mol. The lowest BCUT2D eigenvalue weighted by Crippen LogP contribution is -2.38. The van der Waals surface area contributed by atoms with Gasteiger partial charge < -0.3 is 5.32 Å². The average Bonchev–Trinajstić information content (AvgIpc) is 2.32. The second-order valence-corrected chi connectivity index (χ2v) is 4.45. The molecule has 0 unspecified atom stereocenters. The molecule has 1 aromatic heterocycles.